The maximum absolute atomic E-state index is 12.4. The maximum atomic E-state index is 12.4. The SMILES string of the molecule is COc1ccccc1NC(=O)CN1CCNC(=O)C1CC(=O)OCC(C)C. The molecule has 0 aliphatic carbocycles. The molecule has 0 radical (unpaired) electrons. The van der Waals surface area contributed by atoms with E-state index in [4.69, 9.17) is 9.47 Å². The van der Waals surface area contributed by atoms with Gasteiger partial charge in [-0.2, -0.15) is 0 Å². The lowest BCUT2D eigenvalue weighted by Crippen LogP contribution is -2.57. The number of hydrogen-bond acceptors (Lipinski definition) is 6. The van der Waals surface area contributed by atoms with Crippen molar-refractivity contribution in [3.63, 3.8) is 0 Å². The summed E-state index contributed by atoms with van der Waals surface area (Å²) in [4.78, 5) is 38.4. The van der Waals surface area contributed by atoms with Gasteiger partial charge in [-0.05, 0) is 18.1 Å². The fraction of sp³-hybridized carbons (Fsp3) is 0.526. The minimum atomic E-state index is -0.721. The molecule has 1 saturated heterocycles. The Kier molecular flexibility index (Phi) is 7.60. The van der Waals surface area contributed by atoms with Crippen LogP contribution in [0.1, 0.15) is 20.3 Å². The zero-order chi connectivity index (χ0) is 19.8. The Balaban J connectivity index is 1.98. The van der Waals surface area contributed by atoms with E-state index in [2.05, 4.69) is 10.6 Å². The van der Waals surface area contributed by atoms with Gasteiger partial charge in [0.05, 0.1) is 32.4 Å². The third kappa shape index (κ3) is 6.25. The van der Waals surface area contributed by atoms with E-state index >= 15 is 0 Å². The molecule has 0 saturated carbocycles. The second kappa shape index (κ2) is 9.91. The number of methoxy groups -OCH3 is 1. The minimum Gasteiger partial charge on any atom is -0.495 e. The van der Waals surface area contributed by atoms with Crippen LogP contribution in [0, 0.1) is 5.92 Å². The molecule has 0 spiro atoms. The number of benzene rings is 1. The molecule has 8 heteroatoms. The molecule has 1 aliphatic heterocycles. The van der Waals surface area contributed by atoms with Crippen LogP contribution in [0.3, 0.4) is 0 Å². The summed E-state index contributed by atoms with van der Waals surface area (Å²) in [7, 11) is 1.53. The van der Waals surface area contributed by atoms with Crippen molar-refractivity contribution in [1.29, 1.82) is 0 Å². The number of para-hydroxylation sites is 2. The number of esters is 1. The Morgan fingerprint density at radius 3 is 2.78 bits per heavy atom. The van der Waals surface area contributed by atoms with Crippen molar-refractivity contribution >= 4 is 23.5 Å². The molecule has 1 atom stereocenters. The van der Waals surface area contributed by atoms with Crippen molar-refractivity contribution in [2.45, 2.75) is 26.3 Å². The topological polar surface area (TPSA) is 97.0 Å². The van der Waals surface area contributed by atoms with E-state index in [9.17, 15) is 14.4 Å². The summed E-state index contributed by atoms with van der Waals surface area (Å²) in [6.07, 6.45) is -0.0828. The Morgan fingerprint density at radius 2 is 2.07 bits per heavy atom. The van der Waals surface area contributed by atoms with E-state index < -0.39 is 12.0 Å². The second-order valence-electron chi connectivity index (χ2n) is 6.81. The Bertz CT molecular complexity index is 677. The number of nitrogens with one attached hydrogen (secondary N) is 2. The van der Waals surface area contributed by atoms with E-state index in [-0.39, 0.29) is 30.7 Å². The van der Waals surface area contributed by atoms with E-state index in [1.807, 2.05) is 19.9 Å². The van der Waals surface area contributed by atoms with E-state index in [1.54, 1.807) is 23.1 Å². The van der Waals surface area contributed by atoms with Crippen LogP contribution in [0.2, 0.25) is 0 Å². The van der Waals surface area contributed by atoms with Gasteiger partial charge in [0.1, 0.15) is 11.8 Å². The summed E-state index contributed by atoms with van der Waals surface area (Å²) in [5.74, 6) is -0.226. The first kappa shape index (κ1) is 20.7. The molecule has 2 rings (SSSR count). The number of anilines is 1. The summed E-state index contributed by atoms with van der Waals surface area (Å²) in [6, 6.07) is 6.36. The molecule has 0 aromatic heterocycles. The van der Waals surface area contributed by atoms with Crippen molar-refractivity contribution in [2.75, 3.05) is 38.7 Å². The molecule has 27 heavy (non-hydrogen) atoms. The van der Waals surface area contributed by atoms with Crippen molar-refractivity contribution in [3.05, 3.63) is 24.3 Å². The number of rotatable bonds is 8. The van der Waals surface area contributed by atoms with Crippen molar-refractivity contribution < 1.29 is 23.9 Å². The summed E-state index contributed by atoms with van der Waals surface area (Å²) >= 11 is 0. The summed E-state index contributed by atoms with van der Waals surface area (Å²) in [5.41, 5.74) is 0.555. The van der Waals surface area contributed by atoms with Crippen LogP contribution in [0.4, 0.5) is 5.69 Å². The molecule has 1 heterocycles. The van der Waals surface area contributed by atoms with Crippen LogP contribution >= 0.6 is 0 Å². The van der Waals surface area contributed by atoms with Crippen LogP contribution in [0.25, 0.3) is 0 Å². The maximum Gasteiger partial charge on any atom is 0.307 e. The highest BCUT2D eigenvalue weighted by molar-refractivity contribution is 5.94. The molecule has 1 aliphatic rings. The molecule has 0 bridgehead atoms. The summed E-state index contributed by atoms with van der Waals surface area (Å²) in [5, 5.41) is 5.52. The fourth-order valence-corrected chi connectivity index (χ4v) is 2.77. The molecule has 1 unspecified atom stereocenters. The monoisotopic (exact) mass is 377 g/mol. The normalized spacial score (nSPS) is 17.3. The molecular formula is C19H27N3O5. The van der Waals surface area contributed by atoms with Crippen molar-refractivity contribution in [1.82, 2.24) is 10.2 Å². The predicted molar refractivity (Wildman–Crippen MR) is 100 cm³/mol. The number of amides is 2. The van der Waals surface area contributed by atoms with Crippen LogP contribution in [0.5, 0.6) is 5.75 Å². The average Bonchev–Trinajstić information content (AvgIpc) is 2.63. The molecular weight excluding hydrogens is 350 g/mol. The number of carbonyl (C=O) groups excluding carboxylic acids is 3. The van der Waals surface area contributed by atoms with Gasteiger partial charge in [0.15, 0.2) is 0 Å². The number of hydrogen-bond donors (Lipinski definition) is 2. The Morgan fingerprint density at radius 1 is 1.33 bits per heavy atom. The molecule has 8 nitrogen and oxygen atoms in total. The largest absolute Gasteiger partial charge is 0.495 e. The van der Waals surface area contributed by atoms with Gasteiger partial charge >= 0.3 is 5.97 Å². The van der Waals surface area contributed by atoms with E-state index in [0.717, 1.165) is 0 Å². The van der Waals surface area contributed by atoms with Crippen molar-refractivity contribution in [2.24, 2.45) is 5.92 Å². The number of ether oxygens (including phenoxy) is 2. The van der Waals surface area contributed by atoms with Crippen LogP contribution < -0.4 is 15.4 Å². The molecule has 1 aromatic rings. The standard InChI is InChI=1S/C19H27N3O5/c1-13(2)12-27-18(24)10-15-19(25)20-8-9-22(15)11-17(23)21-14-6-4-5-7-16(14)26-3/h4-7,13,15H,8-12H2,1-3H3,(H,20,25)(H,21,23). The molecule has 1 aromatic carbocycles. The van der Waals surface area contributed by atoms with Crippen LogP contribution in [-0.4, -0.2) is 62.1 Å². The molecule has 2 N–H and O–H groups in total. The van der Waals surface area contributed by atoms with Gasteiger partial charge in [-0.3, -0.25) is 19.3 Å². The lowest BCUT2D eigenvalue weighted by Gasteiger charge is -2.33. The van der Waals surface area contributed by atoms with Gasteiger partial charge in [0, 0.05) is 13.1 Å². The lowest BCUT2D eigenvalue weighted by atomic mass is 10.1. The van der Waals surface area contributed by atoms with Gasteiger partial charge in [-0.1, -0.05) is 26.0 Å². The average molecular weight is 377 g/mol. The number of nitrogens with zero attached hydrogens (tertiary/aromatic N) is 1. The smallest absolute Gasteiger partial charge is 0.307 e. The van der Waals surface area contributed by atoms with Gasteiger partial charge in [0.2, 0.25) is 11.8 Å². The number of piperazine rings is 1. The first-order valence-electron chi connectivity index (χ1n) is 9.01. The van der Waals surface area contributed by atoms with E-state index in [0.29, 0.717) is 31.1 Å². The first-order valence-corrected chi connectivity index (χ1v) is 9.01. The zero-order valence-corrected chi connectivity index (χ0v) is 16.0. The van der Waals surface area contributed by atoms with Crippen LogP contribution in [-0.2, 0) is 19.1 Å². The van der Waals surface area contributed by atoms with Gasteiger partial charge in [-0.25, -0.2) is 0 Å². The van der Waals surface area contributed by atoms with Gasteiger partial charge in [0.25, 0.3) is 0 Å². The predicted octanol–water partition coefficient (Wildman–Crippen LogP) is 1.02. The Hall–Kier alpha value is -2.61. The van der Waals surface area contributed by atoms with E-state index in [1.165, 1.54) is 7.11 Å². The first-order chi connectivity index (χ1) is 12.9. The highest BCUT2D eigenvalue weighted by atomic mass is 16.5. The zero-order valence-electron chi connectivity index (χ0n) is 16.0. The van der Waals surface area contributed by atoms with Crippen molar-refractivity contribution in [3.8, 4) is 5.75 Å². The third-order valence-corrected chi connectivity index (χ3v) is 4.11. The van der Waals surface area contributed by atoms with Gasteiger partial charge < -0.3 is 20.1 Å². The summed E-state index contributed by atoms with van der Waals surface area (Å²) in [6.45, 7) is 5.09. The second-order valence-corrected chi connectivity index (χ2v) is 6.81. The quantitative estimate of drug-likeness (QED) is 0.657. The van der Waals surface area contributed by atoms with Crippen LogP contribution in [0.15, 0.2) is 24.3 Å². The number of carbonyl (C=O) groups is 3. The third-order valence-electron chi connectivity index (χ3n) is 4.11. The molecule has 1 fully saturated rings. The molecule has 148 valence electrons. The minimum absolute atomic E-state index is 0.00635. The Labute approximate surface area is 159 Å². The molecule has 2 amide bonds. The fourth-order valence-electron chi connectivity index (χ4n) is 2.77. The summed E-state index contributed by atoms with van der Waals surface area (Å²) < 4.78 is 10.4. The highest BCUT2D eigenvalue weighted by Crippen LogP contribution is 2.23. The van der Waals surface area contributed by atoms with Gasteiger partial charge in [-0.15, -0.1) is 0 Å². The highest BCUT2D eigenvalue weighted by Gasteiger charge is 2.33. The lowest BCUT2D eigenvalue weighted by molar-refractivity contribution is -0.149.